The van der Waals surface area contributed by atoms with E-state index < -0.39 is 5.97 Å². The number of carboxylic acid groups (broad SMARTS) is 1. The first kappa shape index (κ1) is 15.5. The summed E-state index contributed by atoms with van der Waals surface area (Å²) in [6.07, 6.45) is 3.98. The van der Waals surface area contributed by atoms with Crippen molar-refractivity contribution in [2.45, 2.75) is 45.2 Å². The fourth-order valence-corrected chi connectivity index (χ4v) is 2.77. The lowest BCUT2D eigenvalue weighted by Gasteiger charge is -2.28. The summed E-state index contributed by atoms with van der Waals surface area (Å²) in [5, 5.41) is 9.10. The predicted octanol–water partition coefficient (Wildman–Crippen LogP) is 0.423. The summed E-state index contributed by atoms with van der Waals surface area (Å²) in [6, 6.07) is -0.383. The summed E-state index contributed by atoms with van der Waals surface area (Å²) in [5.74, 6) is -0.717. The standard InChI is InChI=1S/C13H24N4O2/c1-3-7(4-2)11(14)9-5-8(12(18)19)6-10(9)17-13(15)16/h5,7,9-11H,3-4,6,14H2,1-2H3,(H,18,19)(H4,15,16,17)/t9-,10-,11?/m1/s1. The maximum Gasteiger partial charge on any atom is 0.331 e. The third kappa shape index (κ3) is 3.70. The van der Waals surface area contributed by atoms with Gasteiger partial charge in [-0.1, -0.05) is 32.8 Å². The second-order valence-corrected chi connectivity index (χ2v) is 5.05. The van der Waals surface area contributed by atoms with Gasteiger partial charge in [0.1, 0.15) is 0 Å². The van der Waals surface area contributed by atoms with Crippen LogP contribution in [-0.4, -0.2) is 29.1 Å². The van der Waals surface area contributed by atoms with E-state index >= 15 is 0 Å². The van der Waals surface area contributed by atoms with Crippen LogP contribution < -0.4 is 17.2 Å². The molecule has 0 amide bonds. The minimum absolute atomic E-state index is 0.0215. The molecule has 19 heavy (non-hydrogen) atoms. The van der Waals surface area contributed by atoms with Crippen LogP contribution >= 0.6 is 0 Å². The predicted molar refractivity (Wildman–Crippen MR) is 75.5 cm³/mol. The Labute approximate surface area is 113 Å². The van der Waals surface area contributed by atoms with Gasteiger partial charge in [-0.25, -0.2) is 9.79 Å². The van der Waals surface area contributed by atoms with Crippen molar-refractivity contribution in [2.24, 2.45) is 34.0 Å². The van der Waals surface area contributed by atoms with Crippen LogP contribution in [0.2, 0.25) is 0 Å². The summed E-state index contributed by atoms with van der Waals surface area (Å²) in [5.41, 5.74) is 17.5. The first-order valence-corrected chi connectivity index (χ1v) is 6.68. The third-order valence-electron chi connectivity index (χ3n) is 3.89. The second-order valence-electron chi connectivity index (χ2n) is 5.05. The molecule has 0 heterocycles. The molecular formula is C13H24N4O2. The van der Waals surface area contributed by atoms with Crippen molar-refractivity contribution in [2.75, 3.05) is 0 Å². The molecule has 7 N–H and O–H groups in total. The topological polar surface area (TPSA) is 128 Å². The normalized spacial score (nSPS) is 24.1. The molecular weight excluding hydrogens is 244 g/mol. The highest BCUT2D eigenvalue weighted by atomic mass is 16.4. The fraction of sp³-hybridized carbons (Fsp3) is 0.692. The average molecular weight is 268 g/mol. The lowest BCUT2D eigenvalue weighted by atomic mass is 9.83. The molecule has 0 aromatic carbocycles. The van der Waals surface area contributed by atoms with Gasteiger partial charge in [-0.2, -0.15) is 0 Å². The van der Waals surface area contributed by atoms with E-state index in [0.29, 0.717) is 17.9 Å². The van der Waals surface area contributed by atoms with Crippen molar-refractivity contribution >= 4 is 11.9 Å². The van der Waals surface area contributed by atoms with Crippen LogP contribution in [0.25, 0.3) is 0 Å². The molecule has 0 spiro atoms. The number of carbonyl (C=O) groups is 1. The Kier molecular flexibility index (Phi) is 5.35. The van der Waals surface area contributed by atoms with Gasteiger partial charge in [0.2, 0.25) is 0 Å². The SMILES string of the molecule is CCC(CC)C(N)[C@@H]1C=C(C(=O)O)C[C@H]1N=C(N)N. The maximum absolute atomic E-state index is 11.1. The van der Waals surface area contributed by atoms with E-state index in [9.17, 15) is 4.79 Å². The molecule has 6 heteroatoms. The molecule has 0 fully saturated rings. The van der Waals surface area contributed by atoms with Crippen LogP contribution in [-0.2, 0) is 4.79 Å². The number of rotatable bonds is 6. The third-order valence-corrected chi connectivity index (χ3v) is 3.89. The van der Waals surface area contributed by atoms with Gasteiger partial charge in [-0.05, 0) is 5.92 Å². The molecule has 1 rings (SSSR count). The molecule has 3 atom stereocenters. The second kappa shape index (κ2) is 6.56. The van der Waals surface area contributed by atoms with E-state index in [0.717, 1.165) is 12.8 Å². The lowest BCUT2D eigenvalue weighted by Crippen LogP contribution is -2.41. The number of nitrogens with zero attached hydrogens (tertiary/aromatic N) is 1. The Bertz CT molecular complexity index is 384. The molecule has 0 saturated carbocycles. The van der Waals surface area contributed by atoms with Crippen LogP contribution in [0.3, 0.4) is 0 Å². The van der Waals surface area contributed by atoms with E-state index in [1.165, 1.54) is 0 Å². The zero-order chi connectivity index (χ0) is 14.6. The number of nitrogens with two attached hydrogens (primary N) is 3. The molecule has 0 aromatic heterocycles. The van der Waals surface area contributed by atoms with E-state index in [2.05, 4.69) is 18.8 Å². The van der Waals surface area contributed by atoms with Crippen molar-refractivity contribution in [3.05, 3.63) is 11.6 Å². The first-order valence-electron chi connectivity index (χ1n) is 6.68. The summed E-state index contributed by atoms with van der Waals surface area (Å²) < 4.78 is 0. The van der Waals surface area contributed by atoms with Crippen LogP contribution in [0, 0.1) is 11.8 Å². The summed E-state index contributed by atoms with van der Waals surface area (Å²) >= 11 is 0. The van der Waals surface area contributed by atoms with Crippen LogP contribution in [0.4, 0.5) is 0 Å². The Morgan fingerprint density at radius 3 is 2.47 bits per heavy atom. The van der Waals surface area contributed by atoms with Crippen molar-refractivity contribution < 1.29 is 9.90 Å². The molecule has 0 saturated heterocycles. The van der Waals surface area contributed by atoms with Gasteiger partial charge in [0, 0.05) is 24.0 Å². The lowest BCUT2D eigenvalue weighted by molar-refractivity contribution is -0.132. The van der Waals surface area contributed by atoms with Crippen molar-refractivity contribution in [1.82, 2.24) is 0 Å². The van der Waals surface area contributed by atoms with Crippen LogP contribution in [0.1, 0.15) is 33.1 Å². The number of aliphatic carboxylic acids is 1. The number of aliphatic imine (C=N–C) groups is 1. The summed E-state index contributed by atoms with van der Waals surface area (Å²) in [7, 11) is 0. The smallest absolute Gasteiger partial charge is 0.331 e. The zero-order valence-corrected chi connectivity index (χ0v) is 11.5. The molecule has 0 aromatic rings. The molecule has 0 radical (unpaired) electrons. The van der Waals surface area contributed by atoms with E-state index in [1.54, 1.807) is 6.08 Å². The molecule has 1 unspecified atom stereocenters. The number of carboxylic acids is 1. The maximum atomic E-state index is 11.1. The van der Waals surface area contributed by atoms with Crippen LogP contribution in [0.15, 0.2) is 16.6 Å². The van der Waals surface area contributed by atoms with Crippen molar-refractivity contribution in [3.63, 3.8) is 0 Å². The monoisotopic (exact) mass is 268 g/mol. The van der Waals surface area contributed by atoms with Gasteiger partial charge >= 0.3 is 5.97 Å². The number of guanidine groups is 1. The van der Waals surface area contributed by atoms with Crippen molar-refractivity contribution in [1.29, 1.82) is 0 Å². The van der Waals surface area contributed by atoms with Gasteiger partial charge in [-0.3, -0.25) is 0 Å². The first-order chi connectivity index (χ1) is 8.90. The largest absolute Gasteiger partial charge is 0.478 e. The quantitative estimate of drug-likeness (QED) is 0.410. The van der Waals surface area contributed by atoms with E-state index in [4.69, 9.17) is 22.3 Å². The van der Waals surface area contributed by atoms with E-state index in [-0.39, 0.29) is 24.0 Å². The Balaban J connectivity index is 2.97. The zero-order valence-electron chi connectivity index (χ0n) is 11.5. The molecule has 6 nitrogen and oxygen atoms in total. The number of hydrogen-bond donors (Lipinski definition) is 4. The van der Waals surface area contributed by atoms with Gasteiger partial charge in [-0.15, -0.1) is 0 Å². The molecule has 0 aliphatic heterocycles. The highest BCUT2D eigenvalue weighted by Gasteiger charge is 2.36. The average Bonchev–Trinajstić information content (AvgIpc) is 2.73. The Morgan fingerprint density at radius 1 is 1.47 bits per heavy atom. The Morgan fingerprint density at radius 2 is 2.05 bits per heavy atom. The van der Waals surface area contributed by atoms with Crippen molar-refractivity contribution in [3.8, 4) is 0 Å². The molecule has 108 valence electrons. The Hall–Kier alpha value is -1.56. The van der Waals surface area contributed by atoms with Gasteiger partial charge in [0.05, 0.1) is 6.04 Å². The molecule has 1 aliphatic carbocycles. The molecule has 0 bridgehead atoms. The minimum Gasteiger partial charge on any atom is -0.478 e. The molecule has 1 aliphatic rings. The number of hydrogen-bond acceptors (Lipinski definition) is 3. The van der Waals surface area contributed by atoms with Gasteiger partial charge in [0.25, 0.3) is 0 Å². The van der Waals surface area contributed by atoms with Gasteiger partial charge in [0.15, 0.2) is 5.96 Å². The fourth-order valence-electron chi connectivity index (χ4n) is 2.77. The minimum atomic E-state index is -0.921. The van der Waals surface area contributed by atoms with E-state index in [1.807, 2.05) is 0 Å². The highest BCUT2D eigenvalue weighted by Crippen LogP contribution is 2.33. The highest BCUT2D eigenvalue weighted by molar-refractivity contribution is 5.87. The van der Waals surface area contributed by atoms with Gasteiger partial charge < -0.3 is 22.3 Å². The summed E-state index contributed by atoms with van der Waals surface area (Å²) in [6.45, 7) is 4.17. The van der Waals surface area contributed by atoms with Crippen LogP contribution in [0.5, 0.6) is 0 Å². The summed E-state index contributed by atoms with van der Waals surface area (Å²) in [4.78, 5) is 15.2.